The van der Waals surface area contributed by atoms with Crippen LogP contribution in [0.4, 0.5) is 22.0 Å². The molecule has 0 unspecified atom stereocenters. The molecule has 4 aromatic rings. The molecule has 0 atom stereocenters. The Balaban J connectivity index is 1.77. The Morgan fingerprint density at radius 3 is 2.74 bits per heavy atom. The molecule has 4 rings (SSSR count). The molecular weight excluding hydrogens is 347 g/mol. The number of aromatic nitrogens is 6. The zero-order valence-corrected chi connectivity index (χ0v) is 14.8. The summed E-state index contributed by atoms with van der Waals surface area (Å²) in [6.45, 7) is 2.66. The minimum Gasteiger partial charge on any atom is -0.357 e. The zero-order valence-electron chi connectivity index (χ0n) is 14.8. The molecule has 0 radical (unpaired) electrons. The van der Waals surface area contributed by atoms with E-state index in [2.05, 4.69) is 35.6 Å². The summed E-state index contributed by atoms with van der Waals surface area (Å²) < 4.78 is 15.3. The standard InChI is InChI=1S/C18H17FN8/c1-3-27-15(13-7-8-21-17(20-2)25-13)24-14-10-22-18(26-16(14)27)23-12-6-4-5-11(19)9-12/h4-10H,3H2,1-2H3,(H,20,21,25)(H,22,23,26). The molecule has 8 nitrogen and oxygen atoms in total. The first kappa shape index (κ1) is 16.8. The zero-order chi connectivity index (χ0) is 18.8. The molecule has 0 aliphatic carbocycles. The first-order valence-corrected chi connectivity index (χ1v) is 8.45. The van der Waals surface area contributed by atoms with Gasteiger partial charge in [0.05, 0.1) is 6.20 Å². The van der Waals surface area contributed by atoms with Gasteiger partial charge < -0.3 is 15.2 Å². The largest absolute Gasteiger partial charge is 0.357 e. The second kappa shape index (κ2) is 6.94. The molecule has 0 aliphatic rings. The lowest BCUT2D eigenvalue weighted by Gasteiger charge is -2.07. The van der Waals surface area contributed by atoms with Crippen LogP contribution in [0, 0.1) is 5.82 Å². The summed E-state index contributed by atoms with van der Waals surface area (Å²) in [6.07, 6.45) is 3.32. The van der Waals surface area contributed by atoms with Gasteiger partial charge in [-0.25, -0.2) is 24.3 Å². The first-order valence-electron chi connectivity index (χ1n) is 8.45. The van der Waals surface area contributed by atoms with Crippen LogP contribution in [0.2, 0.25) is 0 Å². The van der Waals surface area contributed by atoms with E-state index in [9.17, 15) is 4.39 Å². The van der Waals surface area contributed by atoms with Crippen molar-refractivity contribution in [3.8, 4) is 11.5 Å². The third-order valence-corrected chi connectivity index (χ3v) is 3.99. The van der Waals surface area contributed by atoms with Crippen molar-refractivity contribution in [2.24, 2.45) is 0 Å². The smallest absolute Gasteiger partial charge is 0.229 e. The van der Waals surface area contributed by atoms with Crippen molar-refractivity contribution in [2.45, 2.75) is 13.5 Å². The van der Waals surface area contributed by atoms with E-state index in [4.69, 9.17) is 0 Å². The van der Waals surface area contributed by atoms with Gasteiger partial charge in [-0.3, -0.25) is 0 Å². The lowest BCUT2D eigenvalue weighted by Crippen LogP contribution is -2.03. The average Bonchev–Trinajstić information content (AvgIpc) is 3.06. The van der Waals surface area contributed by atoms with Gasteiger partial charge in [-0.15, -0.1) is 0 Å². The normalized spacial score (nSPS) is 10.9. The van der Waals surface area contributed by atoms with Crippen molar-refractivity contribution in [1.82, 2.24) is 29.5 Å². The van der Waals surface area contributed by atoms with Crippen LogP contribution in [0.25, 0.3) is 22.7 Å². The van der Waals surface area contributed by atoms with E-state index in [1.165, 1.54) is 12.1 Å². The maximum atomic E-state index is 13.4. The van der Waals surface area contributed by atoms with Gasteiger partial charge in [-0.1, -0.05) is 6.07 Å². The number of fused-ring (bicyclic) bond motifs is 1. The molecule has 136 valence electrons. The topological polar surface area (TPSA) is 93.4 Å². The lowest BCUT2D eigenvalue weighted by molar-refractivity contribution is 0.628. The van der Waals surface area contributed by atoms with Gasteiger partial charge in [-0.2, -0.15) is 4.98 Å². The van der Waals surface area contributed by atoms with Crippen LogP contribution in [-0.4, -0.2) is 36.5 Å². The fraction of sp³-hybridized carbons (Fsp3) is 0.167. The molecule has 0 saturated heterocycles. The van der Waals surface area contributed by atoms with Crippen LogP contribution in [0.5, 0.6) is 0 Å². The third-order valence-electron chi connectivity index (χ3n) is 3.99. The second-order valence-corrected chi connectivity index (χ2v) is 5.73. The Hall–Kier alpha value is -3.62. The fourth-order valence-corrected chi connectivity index (χ4v) is 2.77. The van der Waals surface area contributed by atoms with Gasteiger partial charge in [0.15, 0.2) is 11.5 Å². The molecule has 0 amide bonds. The summed E-state index contributed by atoms with van der Waals surface area (Å²) in [6, 6.07) is 7.94. The Morgan fingerprint density at radius 2 is 1.96 bits per heavy atom. The molecule has 3 aromatic heterocycles. The van der Waals surface area contributed by atoms with E-state index >= 15 is 0 Å². The SMILES string of the molecule is CCn1c(-c2ccnc(NC)n2)nc2cnc(Nc3cccc(F)c3)nc21. The number of halogens is 1. The highest BCUT2D eigenvalue weighted by Crippen LogP contribution is 2.24. The minimum absolute atomic E-state index is 0.328. The van der Waals surface area contributed by atoms with E-state index < -0.39 is 0 Å². The van der Waals surface area contributed by atoms with Crippen molar-refractivity contribution in [3.63, 3.8) is 0 Å². The second-order valence-electron chi connectivity index (χ2n) is 5.73. The highest BCUT2D eigenvalue weighted by Gasteiger charge is 2.15. The maximum Gasteiger partial charge on any atom is 0.229 e. The maximum absolute atomic E-state index is 13.4. The van der Waals surface area contributed by atoms with Gasteiger partial charge in [-0.05, 0) is 31.2 Å². The van der Waals surface area contributed by atoms with Gasteiger partial charge in [0.2, 0.25) is 11.9 Å². The molecule has 9 heteroatoms. The summed E-state index contributed by atoms with van der Waals surface area (Å²) in [4.78, 5) is 22.0. The van der Waals surface area contributed by atoms with E-state index in [1.807, 2.05) is 11.5 Å². The first-order chi connectivity index (χ1) is 13.2. The number of benzene rings is 1. The molecule has 0 bridgehead atoms. The van der Waals surface area contributed by atoms with Crippen LogP contribution >= 0.6 is 0 Å². The molecule has 3 heterocycles. The van der Waals surface area contributed by atoms with E-state index in [-0.39, 0.29) is 5.82 Å². The minimum atomic E-state index is -0.328. The number of anilines is 3. The van der Waals surface area contributed by atoms with E-state index in [1.54, 1.807) is 37.6 Å². The van der Waals surface area contributed by atoms with Crippen molar-refractivity contribution in [1.29, 1.82) is 0 Å². The van der Waals surface area contributed by atoms with Gasteiger partial charge >= 0.3 is 0 Å². The number of nitrogens with zero attached hydrogens (tertiary/aromatic N) is 6. The van der Waals surface area contributed by atoms with Crippen molar-refractivity contribution < 1.29 is 4.39 Å². The summed E-state index contributed by atoms with van der Waals surface area (Å²) in [5.41, 5.74) is 2.59. The average molecular weight is 364 g/mol. The quantitative estimate of drug-likeness (QED) is 0.561. The molecular formula is C18H17FN8. The van der Waals surface area contributed by atoms with E-state index in [0.29, 0.717) is 46.8 Å². The molecule has 2 N–H and O–H groups in total. The van der Waals surface area contributed by atoms with Crippen molar-refractivity contribution in [2.75, 3.05) is 17.7 Å². The van der Waals surface area contributed by atoms with Gasteiger partial charge in [0.1, 0.15) is 17.0 Å². The molecule has 27 heavy (non-hydrogen) atoms. The van der Waals surface area contributed by atoms with Crippen LogP contribution in [0.15, 0.2) is 42.7 Å². The number of hydrogen-bond acceptors (Lipinski definition) is 7. The highest BCUT2D eigenvalue weighted by molar-refractivity contribution is 5.77. The Morgan fingerprint density at radius 1 is 1.07 bits per heavy atom. The van der Waals surface area contributed by atoms with Gasteiger partial charge in [0.25, 0.3) is 0 Å². The Bertz CT molecular complexity index is 1110. The summed E-state index contributed by atoms with van der Waals surface area (Å²) >= 11 is 0. The number of imidazole rings is 1. The number of nitrogens with one attached hydrogen (secondary N) is 2. The molecule has 0 fully saturated rings. The highest BCUT2D eigenvalue weighted by atomic mass is 19.1. The molecule has 1 aromatic carbocycles. The summed E-state index contributed by atoms with van der Waals surface area (Å²) in [5.74, 6) is 1.24. The summed E-state index contributed by atoms with van der Waals surface area (Å²) in [5, 5.41) is 5.94. The summed E-state index contributed by atoms with van der Waals surface area (Å²) in [7, 11) is 1.76. The van der Waals surface area contributed by atoms with Crippen LogP contribution in [-0.2, 0) is 6.54 Å². The Labute approximate surface area is 154 Å². The molecule has 0 saturated carbocycles. The fourth-order valence-electron chi connectivity index (χ4n) is 2.77. The molecule has 0 aliphatic heterocycles. The third kappa shape index (κ3) is 3.26. The predicted molar refractivity (Wildman–Crippen MR) is 101 cm³/mol. The van der Waals surface area contributed by atoms with Gasteiger partial charge in [0, 0.05) is 25.5 Å². The van der Waals surface area contributed by atoms with Crippen molar-refractivity contribution in [3.05, 3.63) is 48.5 Å². The van der Waals surface area contributed by atoms with E-state index in [0.717, 1.165) is 0 Å². The number of hydrogen-bond donors (Lipinski definition) is 2. The Kier molecular flexibility index (Phi) is 4.33. The van der Waals surface area contributed by atoms with Crippen LogP contribution < -0.4 is 10.6 Å². The lowest BCUT2D eigenvalue weighted by atomic mass is 10.3. The number of rotatable bonds is 5. The van der Waals surface area contributed by atoms with Crippen LogP contribution in [0.1, 0.15) is 6.92 Å². The molecule has 0 spiro atoms. The number of aryl methyl sites for hydroxylation is 1. The van der Waals surface area contributed by atoms with Crippen LogP contribution in [0.3, 0.4) is 0 Å². The van der Waals surface area contributed by atoms with Crippen molar-refractivity contribution >= 4 is 28.7 Å². The monoisotopic (exact) mass is 364 g/mol. The predicted octanol–water partition coefficient (Wildman–Crippen LogP) is 3.23.